The summed E-state index contributed by atoms with van der Waals surface area (Å²) in [5.41, 5.74) is -2.87. The molecule has 0 fully saturated rings. The Hall–Kier alpha value is -5.76. The second-order valence-electron chi connectivity index (χ2n) is 11.6. The van der Waals surface area contributed by atoms with E-state index in [9.17, 15) is 41.0 Å². The summed E-state index contributed by atoms with van der Waals surface area (Å²) < 4.78 is 95.6. The zero-order valence-corrected chi connectivity index (χ0v) is 28.7. The largest absolute Gasteiger partial charge is 0.489 e. The van der Waals surface area contributed by atoms with Crippen LogP contribution < -0.4 is 14.8 Å². The number of nitrogens with one attached hydrogen (secondary N) is 1. The van der Waals surface area contributed by atoms with Crippen molar-refractivity contribution in [2.24, 2.45) is 0 Å². The minimum atomic E-state index is -5.15. The summed E-state index contributed by atoms with van der Waals surface area (Å²) in [7, 11) is 0. The minimum Gasteiger partial charge on any atom is -0.489 e. The molecule has 8 nitrogen and oxygen atoms in total. The number of halogens is 7. The number of aromatic carboxylic acids is 1. The number of carboxylic acids is 1. The average molecular weight is 758 g/mol. The van der Waals surface area contributed by atoms with Crippen LogP contribution in [-0.4, -0.2) is 33.1 Å². The first kappa shape index (κ1) is 38.5. The van der Waals surface area contributed by atoms with Gasteiger partial charge >= 0.3 is 18.3 Å². The van der Waals surface area contributed by atoms with Crippen LogP contribution in [0.25, 0.3) is 10.9 Å². The van der Waals surface area contributed by atoms with Crippen molar-refractivity contribution in [3.63, 3.8) is 0 Å². The number of anilines is 1. The molecule has 2 N–H and O–H groups in total. The van der Waals surface area contributed by atoms with Crippen molar-refractivity contribution in [3.8, 4) is 17.2 Å². The third-order valence-electron chi connectivity index (χ3n) is 7.80. The van der Waals surface area contributed by atoms with E-state index in [0.717, 1.165) is 24.1 Å². The first-order valence-corrected chi connectivity index (χ1v) is 16.3. The molecular weight excluding hydrogens is 728 g/mol. The van der Waals surface area contributed by atoms with Gasteiger partial charge < -0.3 is 24.5 Å². The number of ether oxygens (including phenoxy) is 2. The number of pyridine rings is 1. The van der Waals surface area contributed by atoms with Crippen molar-refractivity contribution < 1.29 is 50.5 Å². The van der Waals surface area contributed by atoms with Crippen LogP contribution in [-0.2, 0) is 18.9 Å². The Balaban J connectivity index is 1.55. The number of aromatic nitrogens is 2. The summed E-state index contributed by atoms with van der Waals surface area (Å²) in [5, 5.41) is 13.1. The normalized spacial score (nSPS) is 12.4. The number of carbonyl (C=O) groups is 2. The zero-order chi connectivity index (χ0) is 38.5. The molecule has 0 radical (unpaired) electrons. The van der Waals surface area contributed by atoms with Crippen LogP contribution in [0, 0.1) is 0 Å². The fraction of sp³-hybridized carbons (Fsp3) is 0.184. The van der Waals surface area contributed by atoms with E-state index in [4.69, 9.17) is 21.1 Å². The molecule has 0 aliphatic rings. The fourth-order valence-corrected chi connectivity index (χ4v) is 5.64. The molecule has 1 amide bonds. The quantitative estimate of drug-likeness (QED) is 0.0970. The molecule has 5 rings (SSSR count). The van der Waals surface area contributed by atoms with Gasteiger partial charge in [0.25, 0.3) is 5.91 Å². The molecule has 0 bridgehead atoms. The topological polar surface area (TPSA) is 103 Å². The lowest BCUT2D eigenvalue weighted by atomic mass is 10.0. The molecular formula is C38H30ClF6N3O5. The zero-order valence-electron chi connectivity index (χ0n) is 28.0. The molecule has 0 spiro atoms. The highest BCUT2D eigenvalue weighted by molar-refractivity contribution is 6.30. The third kappa shape index (κ3) is 9.38. The van der Waals surface area contributed by atoms with Gasteiger partial charge in [0.15, 0.2) is 0 Å². The molecule has 2 aromatic heterocycles. The van der Waals surface area contributed by atoms with Gasteiger partial charge in [-0.3, -0.25) is 9.78 Å². The standard InChI is InChI=1S/C38H30ClF6N3O5/c1-3-5-22(6-4-2)21-52-28-10-11-32-24(13-28)14-33(48(32)20-23-7-8-25(37(40,41)42)15-31(23)38(43,44)45)35(49)47-27-9-12-34(30(17-27)36(50)51)53-29-16-26(39)18-46-19-29/h3,5-19H,4,20-21H2,1-2H3,(H,47,49)(H,50,51)/b5-3-,22-6+. The smallest absolute Gasteiger partial charge is 0.416 e. The molecule has 53 heavy (non-hydrogen) atoms. The molecule has 5 aromatic rings. The number of carboxylic acid groups (broad SMARTS) is 1. The van der Waals surface area contributed by atoms with Crippen molar-refractivity contribution in [1.82, 2.24) is 9.55 Å². The molecule has 15 heteroatoms. The Labute approximate surface area is 303 Å². The maximum absolute atomic E-state index is 14.2. The number of alkyl halides is 6. The molecule has 0 saturated carbocycles. The second kappa shape index (κ2) is 15.9. The summed E-state index contributed by atoms with van der Waals surface area (Å²) in [6.45, 7) is 3.38. The van der Waals surface area contributed by atoms with Gasteiger partial charge in [-0.1, -0.05) is 42.8 Å². The first-order valence-electron chi connectivity index (χ1n) is 15.9. The van der Waals surface area contributed by atoms with E-state index in [1.54, 1.807) is 12.1 Å². The summed E-state index contributed by atoms with van der Waals surface area (Å²) in [4.78, 5) is 29.9. The van der Waals surface area contributed by atoms with E-state index >= 15 is 0 Å². The minimum absolute atomic E-state index is 0.00507. The van der Waals surface area contributed by atoms with Gasteiger partial charge in [-0.15, -0.1) is 0 Å². The Morgan fingerprint density at radius 1 is 0.943 bits per heavy atom. The van der Waals surface area contributed by atoms with Crippen LogP contribution >= 0.6 is 11.6 Å². The third-order valence-corrected chi connectivity index (χ3v) is 8.01. The van der Waals surface area contributed by atoms with Crippen LogP contribution in [0.1, 0.15) is 57.8 Å². The van der Waals surface area contributed by atoms with Gasteiger partial charge in [-0.25, -0.2) is 4.79 Å². The lowest BCUT2D eigenvalue weighted by Gasteiger charge is -2.18. The summed E-state index contributed by atoms with van der Waals surface area (Å²) in [6, 6.07) is 12.5. The predicted molar refractivity (Wildman–Crippen MR) is 187 cm³/mol. The monoisotopic (exact) mass is 757 g/mol. The number of rotatable bonds is 12. The van der Waals surface area contributed by atoms with Gasteiger partial charge in [-0.05, 0) is 79.1 Å². The highest BCUT2D eigenvalue weighted by atomic mass is 35.5. The molecule has 0 unspecified atom stereocenters. The van der Waals surface area contributed by atoms with Crippen LogP contribution in [0.15, 0.2) is 103 Å². The SMILES string of the molecule is C/C=C\C(=C/CC)COc1ccc2c(c1)cc(C(=O)Nc1ccc(Oc3cncc(Cl)c3)c(C(=O)O)c1)n2Cc1ccc(C(F)(F)F)cc1C(F)(F)F. The van der Waals surface area contributed by atoms with Gasteiger partial charge in [0, 0.05) is 35.4 Å². The first-order chi connectivity index (χ1) is 25.1. The van der Waals surface area contributed by atoms with Crippen molar-refractivity contribution in [2.45, 2.75) is 39.2 Å². The number of carbonyl (C=O) groups excluding carboxylic acids is 1. The van der Waals surface area contributed by atoms with Crippen molar-refractivity contribution in [2.75, 3.05) is 11.9 Å². The summed E-state index contributed by atoms with van der Waals surface area (Å²) >= 11 is 5.94. The van der Waals surface area contributed by atoms with Crippen molar-refractivity contribution in [1.29, 1.82) is 0 Å². The number of nitrogens with zero attached hydrogens (tertiary/aromatic N) is 2. The summed E-state index contributed by atoms with van der Waals surface area (Å²) in [6.07, 6.45) is -1.05. The van der Waals surface area contributed by atoms with Gasteiger partial charge in [0.2, 0.25) is 0 Å². The maximum Gasteiger partial charge on any atom is 0.416 e. The van der Waals surface area contributed by atoms with Crippen LogP contribution in [0.2, 0.25) is 5.02 Å². The number of fused-ring (bicyclic) bond motifs is 1. The molecule has 3 aromatic carbocycles. The van der Waals surface area contributed by atoms with Gasteiger partial charge in [0.1, 0.15) is 35.1 Å². The second-order valence-corrected chi connectivity index (χ2v) is 12.0. The van der Waals surface area contributed by atoms with Crippen molar-refractivity contribution >= 4 is 40.1 Å². The number of amides is 1. The molecule has 0 aliphatic heterocycles. The van der Waals surface area contributed by atoms with E-state index in [2.05, 4.69) is 10.3 Å². The lowest BCUT2D eigenvalue weighted by molar-refractivity contribution is -0.143. The Morgan fingerprint density at radius 3 is 2.38 bits per heavy atom. The predicted octanol–water partition coefficient (Wildman–Crippen LogP) is 10.8. The highest BCUT2D eigenvalue weighted by Crippen LogP contribution is 2.38. The molecule has 2 heterocycles. The van der Waals surface area contributed by atoms with Crippen LogP contribution in [0.3, 0.4) is 0 Å². The van der Waals surface area contributed by atoms with Crippen LogP contribution in [0.5, 0.6) is 17.2 Å². The van der Waals surface area contributed by atoms with E-state index in [1.807, 2.05) is 32.1 Å². The van der Waals surface area contributed by atoms with E-state index in [-0.39, 0.29) is 51.7 Å². The number of allylic oxidation sites excluding steroid dienone is 2. The van der Waals surface area contributed by atoms with Crippen molar-refractivity contribution in [3.05, 3.63) is 136 Å². The Bertz CT molecular complexity index is 2230. The van der Waals surface area contributed by atoms with E-state index < -0.39 is 47.5 Å². The fourth-order valence-electron chi connectivity index (χ4n) is 5.47. The maximum atomic E-state index is 14.2. The molecule has 276 valence electrons. The number of hydrogen-bond donors (Lipinski definition) is 2. The number of hydrogen-bond acceptors (Lipinski definition) is 5. The molecule has 0 aliphatic carbocycles. The Morgan fingerprint density at radius 2 is 1.72 bits per heavy atom. The van der Waals surface area contributed by atoms with Gasteiger partial charge in [0.05, 0.1) is 22.3 Å². The van der Waals surface area contributed by atoms with E-state index in [0.29, 0.717) is 17.2 Å². The highest BCUT2D eigenvalue weighted by Gasteiger charge is 2.38. The van der Waals surface area contributed by atoms with E-state index in [1.165, 1.54) is 47.3 Å². The summed E-state index contributed by atoms with van der Waals surface area (Å²) in [5.74, 6) is -1.83. The lowest BCUT2D eigenvalue weighted by Crippen LogP contribution is -2.20. The van der Waals surface area contributed by atoms with Crippen LogP contribution in [0.4, 0.5) is 32.0 Å². The average Bonchev–Trinajstić information content (AvgIpc) is 3.44. The number of benzene rings is 3. The molecule has 0 saturated heterocycles. The van der Waals surface area contributed by atoms with Gasteiger partial charge in [-0.2, -0.15) is 26.3 Å². The Kier molecular flexibility index (Phi) is 11.5. The molecule has 0 atom stereocenters.